The molecule has 0 unspecified atom stereocenters. The fraction of sp³-hybridized carbons (Fsp3) is 0.692. The highest BCUT2D eigenvalue weighted by Gasteiger charge is 2.13. The summed E-state index contributed by atoms with van der Waals surface area (Å²) >= 11 is 6.21. The van der Waals surface area contributed by atoms with Crippen LogP contribution < -0.4 is 5.32 Å². The van der Waals surface area contributed by atoms with Gasteiger partial charge in [0.25, 0.3) is 0 Å². The van der Waals surface area contributed by atoms with Gasteiger partial charge in [-0.2, -0.15) is 5.10 Å². The Balaban J connectivity index is 2.56. The van der Waals surface area contributed by atoms with Crippen LogP contribution in [0.2, 0.25) is 5.02 Å². The van der Waals surface area contributed by atoms with Crippen LogP contribution >= 0.6 is 11.6 Å². The van der Waals surface area contributed by atoms with Crippen molar-refractivity contribution in [1.29, 1.82) is 0 Å². The molecule has 0 saturated carbocycles. The summed E-state index contributed by atoms with van der Waals surface area (Å²) in [4.78, 5) is 13.7. The van der Waals surface area contributed by atoms with Gasteiger partial charge in [0.2, 0.25) is 5.91 Å². The Labute approximate surface area is 119 Å². The first-order valence-corrected chi connectivity index (χ1v) is 7.13. The molecule has 1 N–H and O–H groups in total. The number of rotatable bonds is 7. The summed E-state index contributed by atoms with van der Waals surface area (Å²) in [6, 6.07) is 0. The molecule has 0 aliphatic rings. The third-order valence-corrected chi connectivity index (χ3v) is 3.63. The largest absolute Gasteiger partial charge is 0.342 e. The number of aromatic nitrogens is 2. The number of aryl methyl sites for hydroxylation is 2. The van der Waals surface area contributed by atoms with Crippen LogP contribution in [-0.2, 0) is 17.9 Å². The zero-order valence-electron chi connectivity index (χ0n) is 12.2. The number of nitrogens with one attached hydrogen (secondary N) is 1. The average molecular weight is 287 g/mol. The van der Waals surface area contributed by atoms with E-state index < -0.39 is 0 Å². The highest BCUT2D eigenvalue weighted by atomic mass is 35.5. The minimum Gasteiger partial charge on any atom is -0.342 e. The Morgan fingerprint density at radius 3 is 2.53 bits per heavy atom. The smallest absolute Gasteiger partial charge is 0.236 e. The first kappa shape index (κ1) is 16.0. The van der Waals surface area contributed by atoms with E-state index in [0.29, 0.717) is 18.1 Å². The second kappa shape index (κ2) is 7.50. The maximum absolute atomic E-state index is 11.8. The SMILES string of the molecule is CCN(CC)C(=O)CNCc1c(Cl)c(C)nn1CC. The van der Waals surface area contributed by atoms with Gasteiger partial charge in [0, 0.05) is 26.2 Å². The van der Waals surface area contributed by atoms with Gasteiger partial charge in [-0.3, -0.25) is 9.48 Å². The van der Waals surface area contributed by atoms with Gasteiger partial charge in [0.1, 0.15) is 0 Å². The number of hydrogen-bond donors (Lipinski definition) is 1. The minimum absolute atomic E-state index is 0.111. The second-order valence-corrected chi connectivity index (χ2v) is 4.71. The molecule has 1 aromatic heterocycles. The molecule has 1 rings (SSSR count). The molecule has 0 aliphatic carbocycles. The summed E-state index contributed by atoms with van der Waals surface area (Å²) in [5.41, 5.74) is 1.77. The summed E-state index contributed by atoms with van der Waals surface area (Å²) in [5, 5.41) is 8.17. The van der Waals surface area contributed by atoms with Crippen molar-refractivity contribution in [2.45, 2.75) is 40.8 Å². The van der Waals surface area contributed by atoms with Gasteiger partial charge in [0.15, 0.2) is 0 Å². The molecule has 0 aliphatic heterocycles. The zero-order valence-corrected chi connectivity index (χ0v) is 12.9. The van der Waals surface area contributed by atoms with Gasteiger partial charge in [-0.15, -0.1) is 0 Å². The first-order chi connectivity index (χ1) is 9.04. The lowest BCUT2D eigenvalue weighted by Crippen LogP contribution is -2.37. The highest BCUT2D eigenvalue weighted by Crippen LogP contribution is 2.19. The number of likely N-dealkylation sites (N-methyl/N-ethyl adjacent to an activating group) is 1. The van der Waals surface area contributed by atoms with Crippen LogP contribution in [0.4, 0.5) is 0 Å². The number of nitrogens with zero attached hydrogens (tertiary/aromatic N) is 3. The number of carbonyl (C=O) groups excluding carboxylic acids is 1. The molecule has 0 aromatic carbocycles. The lowest BCUT2D eigenvalue weighted by Gasteiger charge is -2.18. The molecule has 0 atom stereocenters. The van der Waals surface area contributed by atoms with Crippen LogP contribution in [0.25, 0.3) is 0 Å². The van der Waals surface area contributed by atoms with Crippen molar-refractivity contribution >= 4 is 17.5 Å². The summed E-state index contributed by atoms with van der Waals surface area (Å²) in [6.07, 6.45) is 0. The van der Waals surface area contributed by atoms with E-state index >= 15 is 0 Å². The number of amides is 1. The predicted octanol–water partition coefficient (Wildman–Crippen LogP) is 1.82. The number of hydrogen-bond acceptors (Lipinski definition) is 3. The molecule has 1 amide bonds. The zero-order chi connectivity index (χ0) is 14.4. The quantitative estimate of drug-likeness (QED) is 0.832. The van der Waals surface area contributed by atoms with Crippen LogP contribution in [0.15, 0.2) is 0 Å². The van der Waals surface area contributed by atoms with E-state index in [0.717, 1.165) is 31.0 Å². The lowest BCUT2D eigenvalue weighted by molar-refractivity contribution is -0.129. The minimum atomic E-state index is 0.111. The van der Waals surface area contributed by atoms with Gasteiger partial charge in [-0.05, 0) is 27.7 Å². The monoisotopic (exact) mass is 286 g/mol. The Hall–Kier alpha value is -1.07. The standard InChI is InChI=1S/C13H23ClN4O/c1-5-17(6-2)12(19)9-15-8-11-13(14)10(4)16-18(11)7-3/h15H,5-9H2,1-4H3. The van der Waals surface area contributed by atoms with E-state index in [2.05, 4.69) is 10.4 Å². The molecule has 5 nitrogen and oxygen atoms in total. The molecule has 0 bridgehead atoms. The first-order valence-electron chi connectivity index (χ1n) is 6.75. The van der Waals surface area contributed by atoms with Crippen LogP contribution in [0, 0.1) is 6.92 Å². The van der Waals surface area contributed by atoms with Crippen molar-refractivity contribution in [3.8, 4) is 0 Å². The fourth-order valence-corrected chi connectivity index (χ4v) is 2.22. The molecule has 0 spiro atoms. The van der Waals surface area contributed by atoms with Gasteiger partial charge >= 0.3 is 0 Å². The molecular formula is C13H23ClN4O. The van der Waals surface area contributed by atoms with Crippen LogP contribution in [0.5, 0.6) is 0 Å². The molecule has 6 heteroatoms. The third-order valence-electron chi connectivity index (χ3n) is 3.14. The van der Waals surface area contributed by atoms with Gasteiger partial charge in [-0.1, -0.05) is 11.6 Å². The predicted molar refractivity (Wildman–Crippen MR) is 77.3 cm³/mol. The van der Waals surface area contributed by atoms with Gasteiger partial charge < -0.3 is 10.2 Å². The Morgan fingerprint density at radius 1 is 1.37 bits per heavy atom. The molecule has 108 valence electrons. The third kappa shape index (κ3) is 3.94. The van der Waals surface area contributed by atoms with Crippen molar-refractivity contribution in [3.05, 3.63) is 16.4 Å². The maximum atomic E-state index is 11.8. The molecular weight excluding hydrogens is 264 g/mol. The van der Waals surface area contributed by atoms with E-state index in [1.807, 2.05) is 32.4 Å². The van der Waals surface area contributed by atoms with Crippen LogP contribution in [0.1, 0.15) is 32.2 Å². The number of carbonyl (C=O) groups is 1. The van der Waals surface area contributed by atoms with Crippen molar-refractivity contribution in [3.63, 3.8) is 0 Å². The summed E-state index contributed by atoms with van der Waals surface area (Å²) < 4.78 is 1.87. The van der Waals surface area contributed by atoms with Gasteiger partial charge in [0.05, 0.1) is 23.0 Å². The Kier molecular flexibility index (Phi) is 6.31. The molecule has 1 aromatic rings. The van der Waals surface area contributed by atoms with E-state index in [9.17, 15) is 4.79 Å². The second-order valence-electron chi connectivity index (χ2n) is 4.33. The van der Waals surface area contributed by atoms with E-state index in [1.165, 1.54) is 0 Å². The Morgan fingerprint density at radius 2 is 2.00 bits per heavy atom. The normalized spacial score (nSPS) is 10.8. The summed E-state index contributed by atoms with van der Waals surface area (Å²) in [6.45, 7) is 11.0. The number of halogens is 1. The van der Waals surface area contributed by atoms with E-state index in [1.54, 1.807) is 4.90 Å². The summed E-state index contributed by atoms with van der Waals surface area (Å²) in [5.74, 6) is 0.111. The van der Waals surface area contributed by atoms with E-state index in [-0.39, 0.29) is 5.91 Å². The van der Waals surface area contributed by atoms with Crippen molar-refractivity contribution in [1.82, 2.24) is 20.0 Å². The highest BCUT2D eigenvalue weighted by molar-refractivity contribution is 6.31. The molecule has 0 saturated heterocycles. The summed E-state index contributed by atoms with van der Waals surface area (Å²) in [7, 11) is 0. The molecule has 0 radical (unpaired) electrons. The van der Waals surface area contributed by atoms with Crippen molar-refractivity contribution in [2.24, 2.45) is 0 Å². The Bertz CT molecular complexity index is 427. The molecule has 19 heavy (non-hydrogen) atoms. The van der Waals surface area contributed by atoms with Crippen LogP contribution in [-0.4, -0.2) is 40.2 Å². The molecule has 0 fully saturated rings. The maximum Gasteiger partial charge on any atom is 0.236 e. The average Bonchev–Trinajstić information content (AvgIpc) is 2.67. The lowest BCUT2D eigenvalue weighted by atomic mass is 10.3. The van der Waals surface area contributed by atoms with Crippen LogP contribution in [0.3, 0.4) is 0 Å². The fourth-order valence-electron chi connectivity index (χ4n) is 2.01. The van der Waals surface area contributed by atoms with Crippen molar-refractivity contribution < 1.29 is 4.79 Å². The van der Waals surface area contributed by atoms with E-state index in [4.69, 9.17) is 11.6 Å². The van der Waals surface area contributed by atoms with Crippen molar-refractivity contribution in [2.75, 3.05) is 19.6 Å². The topological polar surface area (TPSA) is 50.2 Å². The van der Waals surface area contributed by atoms with Gasteiger partial charge in [-0.25, -0.2) is 0 Å². The molecule has 1 heterocycles.